The molecule has 37 heavy (non-hydrogen) atoms. The normalized spacial score (nSPS) is 15.1. The van der Waals surface area contributed by atoms with Gasteiger partial charge in [0.25, 0.3) is 0 Å². The van der Waals surface area contributed by atoms with Crippen molar-refractivity contribution in [2.75, 3.05) is 26.2 Å². The Balaban J connectivity index is 1.41. The zero-order valence-electron chi connectivity index (χ0n) is 21.6. The molecule has 1 aliphatic rings. The van der Waals surface area contributed by atoms with Crippen LogP contribution in [0.25, 0.3) is 10.9 Å². The summed E-state index contributed by atoms with van der Waals surface area (Å²) >= 11 is 0. The highest BCUT2D eigenvalue weighted by Gasteiger charge is 2.23. The van der Waals surface area contributed by atoms with Crippen LogP contribution in [0.1, 0.15) is 53.9 Å². The zero-order valence-corrected chi connectivity index (χ0v) is 21.6. The van der Waals surface area contributed by atoms with Crippen molar-refractivity contribution in [3.63, 3.8) is 0 Å². The number of nitrogens with zero attached hydrogens (tertiary/aromatic N) is 2. The van der Waals surface area contributed by atoms with Gasteiger partial charge in [-0.15, -0.1) is 0 Å². The van der Waals surface area contributed by atoms with Gasteiger partial charge < -0.3 is 14.8 Å². The molecular weight excluding hydrogens is 461 g/mol. The van der Waals surface area contributed by atoms with E-state index in [9.17, 15) is 9.18 Å². The number of hydrogen-bond acceptors (Lipinski definition) is 2. The maximum Gasteiger partial charge on any atom is 0.220 e. The Morgan fingerprint density at radius 1 is 0.973 bits per heavy atom. The molecule has 1 fully saturated rings. The summed E-state index contributed by atoms with van der Waals surface area (Å²) in [5.74, 6) is -0.208. The second-order valence-electron chi connectivity index (χ2n) is 10.3. The van der Waals surface area contributed by atoms with Crippen LogP contribution in [0.5, 0.6) is 0 Å². The molecule has 1 N–H and O–H groups in total. The van der Waals surface area contributed by atoms with Gasteiger partial charge in [0.05, 0.1) is 0 Å². The smallest absolute Gasteiger partial charge is 0.220 e. The lowest BCUT2D eigenvalue weighted by molar-refractivity contribution is -0.121. The fourth-order valence-electron chi connectivity index (χ4n) is 5.56. The molecule has 1 aromatic heterocycles. The number of piperidine rings is 1. The first-order valence-corrected chi connectivity index (χ1v) is 13.4. The second-order valence-corrected chi connectivity index (χ2v) is 10.3. The maximum atomic E-state index is 13.5. The lowest BCUT2D eigenvalue weighted by atomic mass is 9.87. The van der Waals surface area contributed by atoms with Crippen molar-refractivity contribution in [3.05, 3.63) is 107 Å². The molecule has 1 amide bonds. The summed E-state index contributed by atoms with van der Waals surface area (Å²) in [7, 11) is 0. The van der Waals surface area contributed by atoms with Crippen molar-refractivity contribution in [2.24, 2.45) is 0 Å². The third-order valence-electron chi connectivity index (χ3n) is 7.49. The number of halogens is 1. The topological polar surface area (TPSA) is 37.3 Å². The van der Waals surface area contributed by atoms with E-state index in [1.807, 2.05) is 18.2 Å². The first-order valence-electron chi connectivity index (χ1n) is 13.4. The molecule has 192 valence electrons. The fraction of sp³-hybridized carbons (Fsp3) is 0.344. The average Bonchev–Trinajstić information content (AvgIpc) is 3.27. The van der Waals surface area contributed by atoms with E-state index in [0.29, 0.717) is 19.5 Å². The van der Waals surface area contributed by atoms with Gasteiger partial charge in [-0.05, 0) is 67.7 Å². The predicted octanol–water partition coefficient (Wildman–Crippen LogP) is 6.26. The summed E-state index contributed by atoms with van der Waals surface area (Å²) in [5, 5.41) is 4.34. The first-order chi connectivity index (χ1) is 18.1. The molecule has 4 aromatic rings. The van der Waals surface area contributed by atoms with E-state index >= 15 is 0 Å². The number of benzene rings is 3. The molecule has 1 atom stereocenters. The molecular formula is C32H36FN3O. The molecule has 5 rings (SSSR count). The maximum absolute atomic E-state index is 13.5. The van der Waals surface area contributed by atoms with Crippen LogP contribution in [0.3, 0.4) is 0 Å². The summed E-state index contributed by atoms with van der Waals surface area (Å²) in [5.41, 5.74) is 5.63. The monoisotopic (exact) mass is 497 g/mol. The van der Waals surface area contributed by atoms with Crippen molar-refractivity contribution in [2.45, 2.75) is 45.1 Å². The number of aryl methyl sites for hydroxylation is 1. The Hall–Kier alpha value is -3.44. The van der Waals surface area contributed by atoms with Gasteiger partial charge in [0, 0.05) is 49.1 Å². The van der Waals surface area contributed by atoms with Crippen LogP contribution in [0, 0.1) is 12.7 Å². The zero-order chi connectivity index (χ0) is 25.6. The van der Waals surface area contributed by atoms with E-state index in [-0.39, 0.29) is 17.6 Å². The number of nitrogens with one attached hydrogen (secondary N) is 1. The van der Waals surface area contributed by atoms with E-state index in [4.69, 9.17) is 0 Å². The molecule has 4 nitrogen and oxygen atoms in total. The predicted molar refractivity (Wildman–Crippen MR) is 148 cm³/mol. The largest absolute Gasteiger partial charge is 0.355 e. The molecule has 0 unspecified atom stereocenters. The summed E-state index contributed by atoms with van der Waals surface area (Å²) in [4.78, 5) is 15.7. The quantitative estimate of drug-likeness (QED) is 0.296. The number of carbonyl (C=O) groups excluding carboxylic acids is 1. The lowest BCUT2D eigenvalue weighted by Gasteiger charge is -2.26. The summed E-state index contributed by atoms with van der Waals surface area (Å²) in [6.45, 7) is 6.61. The second kappa shape index (κ2) is 11.7. The van der Waals surface area contributed by atoms with Gasteiger partial charge in [-0.3, -0.25) is 4.79 Å². The number of hydrogen-bond donors (Lipinski definition) is 1. The highest BCUT2D eigenvalue weighted by molar-refractivity contribution is 5.86. The third-order valence-corrected chi connectivity index (χ3v) is 7.49. The van der Waals surface area contributed by atoms with Crippen molar-refractivity contribution < 1.29 is 9.18 Å². The van der Waals surface area contributed by atoms with Gasteiger partial charge in [-0.25, -0.2) is 4.39 Å². The van der Waals surface area contributed by atoms with Crippen molar-refractivity contribution >= 4 is 16.8 Å². The lowest BCUT2D eigenvalue weighted by Crippen LogP contribution is -2.38. The van der Waals surface area contributed by atoms with Crippen LogP contribution >= 0.6 is 0 Å². The molecule has 0 radical (unpaired) electrons. The van der Waals surface area contributed by atoms with E-state index < -0.39 is 0 Å². The molecule has 0 aliphatic carbocycles. The Bertz CT molecular complexity index is 1340. The molecule has 1 aliphatic heterocycles. The van der Waals surface area contributed by atoms with Crippen molar-refractivity contribution in [1.82, 2.24) is 14.8 Å². The van der Waals surface area contributed by atoms with Crippen LogP contribution in [-0.4, -0.2) is 41.6 Å². The van der Waals surface area contributed by atoms with Gasteiger partial charge in [-0.1, -0.05) is 66.6 Å². The van der Waals surface area contributed by atoms with E-state index in [2.05, 4.69) is 70.4 Å². The van der Waals surface area contributed by atoms with Crippen LogP contribution < -0.4 is 5.32 Å². The van der Waals surface area contributed by atoms with Crippen LogP contribution in [0.15, 0.2) is 79.0 Å². The number of carbonyl (C=O) groups is 1. The fourth-order valence-corrected chi connectivity index (χ4v) is 5.56. The number of rotatable bonds is 9. The molecule has 0 spiro atoms. The number of para-hydroxylation sites is 1. The third kappa shape index (κ3) is 6.28. The van der Waals surface area contributed by atoms with Crippen LogP contribution in [0.2, 0.25) is 0 Å². The minimum absolute atomic E-state index is 0.0609. The SMILES string of the molecule is Cc1cccc([C@@H](CC(=O)NCCN2CCCCC2)c2cn(Cc3ccc(F)cc3)c3ccccc23)c1. The Morgan fingerprint density at radius 2 is 1.76 bits per heavy atom. The van der Waals surface area contributed by atoms with Gasteiger partial charge >= 0.3 is 0 Å². The molecule has 3 aromatic carbocycles. The van der Waals surface area contributed by atoms with Crippen LogP contribution in [-0.2, 0) is 11.3 Å². The van der Waals surface area contributed by atoms with Crippen LogP contribution in [0.4, 0.5) is 4.39 Å². The minimum Gasteiger partial charge on any atom is -0.355 e. The van der Waals surface area contributed by atoms with E-state index in [1.54, 1.807) is 0 Å². The Morgan fingerprint density at radius 3 is 2.54 bits per heavy atom. The first kappa shape index (κ1) is 25.2. The highest BCUT2D eigenvalue weighted by Crippen LogP contribution is 2.35. The Kier molecular flexibility index (Phi) is 8.00. The number of likely N-dealkylation sites (tertiary alicyclic amines) is 1. The highest BCUT2D eigenvalue weighted by atomic mass is 19.1. The van der Waals surface area contributed by atoms with E-state index in [1.165, 1.54) is 37.0 Å². The molecule has 0 saturated carbocycles. The van der Waals surface area contributed by atoms with Gasteiger partial charge in [0.2, 0.25) is 5.91 Å². The molecule has 1 saturated heterocycles. The van der Waals surface area contributed by atoms with Gasteiger partial charge in [0.15, 0.2) is 0 Å². The van der Waals surface area contributed by atoms with Crippen molar-refractivity contribution in [3.8, 4) is 0 Å². The van der Waals surface area contributed by atoms with Gasteiger partial charge in [-0.2, -0.15) is 0 Å². The molecule has 2 heterocycles. The number of amides is 1. The molecule has 0 bridgehead atoms. The van der Waals surface area contributed by atoms with E-state index in [0.717, 1.165) is 47.2 Å². The molecule has 5 heteroatoms. The standard InChI is InChI=1S/C32H36FN3O/c1-24-8-7-9-26(20-24)29(21-32(37)34-16-19-35-17-5-2-6-18-35)30-23-36(31-11-4-3-10-28(30)31)22-25-12-14-27(33)15-13-25/h3-4,7-15,20,23,29H,2,5-6,16-19,21-22H2,1H3,(H,34,37)/t29-/m1/s1. The number of fused-ring (bicyclic) bond motifs is 1. The average molecular weight is 498 g/mol. The van der Waals surface area contributed by atoms with Crippen molar-refractivity contribution in [1.29, 1.82) is 0 Å². The van der Waals surface area contributed by atoms with Gasteiger partial charge in [0.1, 0.15) is 5.82 Å². The summed E-state index contributed by atoms with van der Waals surface area (Å²) < 4.78 is 15.7. The summed E-state index contributed by atoms with van der Waals surface area (Å²) in [6.07, 6.45) is 6.41. The Labute approximate surface area is 219 Å². The summed E-state index contributed by atoms with van der Waals surface area (Å²) in [6, 6.07) is 23.5. The minimum atomic E-state index is -0.229. The number of aromatic nitrogens is 1.